The van der Waals surface area contributed by atoms with E-state index in [-0.39, 0.29) is 11.7 Å². The molecule has 1 unspecified atom stereocenters. The predicted molar refractivity (Wildman–Crippen MR) is 76.6 cm³/mol. The molecule has 20 heavy (non-hydrogen) atoms. The average molecular weight is 280 g/mol. The molecule has 0 saturated heterocycles. The second kappa shape index (κ2) is 5.98. The molecule has 1 N–H and O–H groups in total. The summed E-state index contributed by atoms with van der Waals surface area (Å²) in [5.74, 6) is 1.61. The van der Waals surface area contributed by atoms with Gasteiger partial charge >= 0.3 is 0 Å². The van der Waals surface area contributed by atoms with Crippen molar-refractivity contribution < 1.29 is 14.4 Å². The number of nitro benzene ring substituents is 1. The summed E-state index contributed by atoms with van der Waals surface area (Å²) in [6, 6.07) is 3.21. The summed E-state index contributed by atoms with van der Waals surface area (Å²) in [5, 5.41) is 14.4. The van der Waals surface area contributed by atoms with Gasteiger partial charge in [-0.3, -0.25) is 10.1 Å². The van der Waals surface area contributed by atoms with E-state index in [0.717, 1.165) is 12.3 Å². The molecule has 6 heteroatoms. The molecular weight excluding hydrogens is 260 g/mol. The molecule has 2 rings (SSSR count). The van der Waals surface area contributed by atoms with Crippen molar-refractivity contribution in [3.63, 3.8) is 0 Å². The first kappa shape index (κ1) is 14.4. The molecule has 1 aromatic rings. The predicted octanol–water partition coefficient (Wildman–Crippen LogP) is 3.21. The van der Waals surface area contributed by atoms with E-state index in [1.54, 1.807) is 6.07 Å². The lowest BCUT2D eigenvalue weighted by Gasteiger charge is -2.16. The number of anilines is 1. The van der Waals surface area contributed by atoms with Crippen molar-refractivity contribution in [2.45, 2.75) is 32.2 Å². The molecule has 0 radical (unpaired) electrons. The summed E-state index contributed by atoms with van der Waals surface area (Å²) in [4.78, 5) is 10.8. The van der Waals surface area contributed by atoms with Gasteiger partial charge < -0.3 is 14.8 Å². The van der Waals surface area contributed by atoms with Crippen molar-refractivity contribution in [1.29, 1.82) is 0 Å². The molecule has 1 saturated carbocycles. The Hall–Kier alpha value is -1.98. The summed E-state index contributed by atoms with van der Waals surface area (Å²) in [5.41, 5.74) is 0.478. The number of nitro groups is 1. The standard InChI is InChI=1S/C14H20N2O4/c1-9(6-10-4-5-10)15-11-7-13(19-2)14(20-3)8-12(11)16(17)18/h7-10,15H,4-6H2,1-3H3. The van der Waals surface area contributed by atoms with E-state index >= 15 is 0 Å². The molecule has 0 aromatic heterocycles. The van der Waals surface area contributed by atoms with Gasteiger partial charge in [0.1, 0.15) is 5.69 Å². The maximum Gasteiger partial charge on any atom is 0.296 e. The third-order valence-electron chi connectivity index (χ3n) is 3.48. The fraction of sp³-hybridized carbons (Fsp3) is 0.571. The Labute approximate surface area is 118 Å². The highest BCUT2D eigenvalue weighted by Crippen LogP contribution is 2.39. The number of hydrogen-bond donors (Lipinski definition) is 1. The normalized spacial score (nSPS) is 15.6. The molecule has 1 aromatic carbocycles. The Kier molecular flexibility index (Phi) is 4.32. The molecule has 1 atom stereocenters. The quantitative estimate of drug-likeness (QED) is 0.613. The highest BCUT2D eigenvalue weighted by atomic mass is 16.6. The molecule has 0 bridgehead atoms. The van der Waals surface area contributed by atoms with E-state index in [9.17, 15) is 10.1 Å². The van der Waals surface area contributed by atoms with Crippen LogP contribution in [0.4, 0.5) is 11.4 Å². The van der Waals surface area contributed by atoms with Crippen molar-refractivity contribution in [1.82, 2.24) is 0 Å². The number of methoxy groups -OCH3 is 2. The highest BCUT2D eigenvalue weighted by Gasteiger charge is 2.25. The van der Waals surface area contributed by atoms with Crippen LogP contribution in [-0.4, -0.2) is 25.2 Å². The van der Waals surface area contributed by atoms with E-state index in [4.69, 9.17) is 9.47 Å². The molecule has 1 aliphatic carbocycles. The van der Waals surface area contributed by atoms with E-state index in [1.807, 2.05) is 6.92 Å². The van der Waals surface area contributed by atoms with Crippen LogP contribution in [0, 0.1) is 16.0 Å². The number of nitrogens with zero attached hydrogens (tertiary/aromatic N) is 1. The molecule has 1 fully saturated rings. The van der Waals surface area contributed by atoms with Crippen molar-refractivity contribution in [3.8, 4) is 11.5 Å². The molecular formula is C14H20N2O4. The molecule has 0 heterocycles. The van der Waals surface area contributed by atoms with Crippen LogP contribution in [0.1, 0.15) is 26.2 Å². The summed E-state index contributed by atoms with van der Waals surface area (Å²) < 4.78 is 10.3. The van der Waals surface area contributed by atoms with Crippen LogP contribution in [0.2, 0.25) is 0 Å². The summed E-state index contributed by atoms with van der Waals surface area (Å²) in [6.45, 7) is 2.04. The largest absolute Gasteiger partial charge is 0.493 e. The zero-order chi connectivity index (χ0) is 14.7. The van der Waals surface area contributed by atoms with Gasteiger partial charge in [0.2, 0.25) is 0 Å². The summed E-state index contributed by atoms with van der Waals surface area (Å²) in [7, 11) is 2.98. The van der Waals surface area contributed by atoms with Crippen LogP contribution in [0.15, 0.2) is 12.1 Å². The van der Waals surface area contributed by atoms with Gasteiger partial charge in [-0.25, -0.2) is 0 Å². The minimum atomic E-state index is -0.409. The number of nitrogens with one attached hydrogen (secondary N) is 1. The molecule has 110 valence electrons. The Balaban J connectivity index is 2.25. The number of benzene rings is 1. The fourth-order valence-electron chi connectivity index (χ4n) is 2.31. The minimum Gasteiger partial charge on any atom is -0.493 e. The SMILES string of the molecule is COc1cc(NC(C)CC2CC2)c([N+](=O)[O-])cc1OC. The lowest BCUT2D eigenvalue weighted by molar-refractivity contribution is -0.384. The van der Waals surface area contributed by atoms with E-state index in [1.165, 1.54) is 33.1 Å². The van der Waals surface area contributed by atoms with Gasteiger partial charge in [-0.05, 0) is 19.3 Å². The third kappa shape index (κ3) is 3.31. The molecule has 6 nitrogen and oxygen atoms in total. The van der Waals surface area contributed by atoms with Crippen molar-refractivity contribution in [2.75, 3.05) is 19.5 Å². The molecule has 0 spiro atoms. The van der Waals surface area contributed by atoms with Crippen LogP contribution in [0.5, 0.6) is 11.5 Å². The van der Waals surface area contributed by atoms with E-state index in [0.29, 0.717) is 17.2 Å². The second-order valence-electron chi connectivity index (χ2n) is 5.21. The molecule has 0 amide bonds. The van der Waals surface area contributed by atoms with Crippen LogP contribution in [0.25, 0.3) is 0 Å². The Morgan fingerprint density at radius 2 is 1.95 bits per heavy atom. The maximum absolute atomic E-state index is 11.2. The third-order valence-corrected chi connectivity index (χ3v) is 3.48. The van der Waals surface area contributed by atoms with Crippen LogP contribution in [-0.2, 0) is 0 Å². The Morgan fingerprint density at radius 1 is 1.35 bits per heavy atom. The van der Waals surface area contributed by atoms with Crippen molar-refractivity contribution in [3.05, 3.63) is 22.2 Å². The number of hydrogen-bond acceptors (Lipinski definition) is 5. The lowest BCUT2D eigenvalue weighted by atomic mass is 10.1. The molecule has 0 aliphatic heterocycles. The van der Waals surface area contributed by atoms with E-state index in [2.05, 4.69) is 5.32 Å². The first-order valence-corrected chi connectivity index (χ1v) is 6.72. The average Bonchev–Trinajstić information content (AvgIpc) is 3.21. The highest BCUT2D eigenvalue weighted by molar-refractivity contribution is 5.68. The van der Waals surface area contributed by atoms with Gasteiger partial charge in [0, 0.05) is 12.1 Å². The Bertz CT molecular complexity index is 500. The Morgan fingerprint density at radius 3 is 2.45 bits per heavy atom. The first-order chi connectivity index (χ1) is 9.55. The lowest BCUT2D eigenvalue weighted by Crippen LogP contribution is -2.16. The second-order valence-corrected chi connectivity index (χ2v) is 5.21. The summed E-state index contributed by atoms with van der Waals surface area (Å²) >= 11 is 0. The van der Waals surface area contributed by atoms with Gasteiger partial charge in [0.05, 0.1) is 25.2 Å². The van der Waals surface area contributed by atoms with Gasteiger partial charge in [-0.1, -0.05) is 12.8 Å². The molecule has 1 aliphatic rings. The fourth-order valence-corrected chi connectivity index (χ4v) is 2.31. The number of rotatable bonds is 7. The summed E-state index contributed by atoms with van der Waals surface area (Å²) in [6.07, 6.45) is 3.56. The van der Waals surface area contributed by atoms with Crippen LogP contribution < -0.4 is 14.8 Å². The topological polar surface area (TPSA) is 73.6 Å². The zero-order valence-corrected chi connectivity index (χ0v) is 12.0. The van der Waals surface area contributed by atoms with Crippen molar-refractivity contribution >= 4 is 11.4 Å². The number of ether oxygens (including phenoxy) is 2. The van der Waals surface area contributed by atoms with Crippen LogP contribution >= 0.6 is 0 Å². The van der Waals surface area contributed by atoms with Gasteiger partial charge in [0.25, 0.3) is 5.69 Å². The first-order valence-electron chi connectivity index (χ1n) is 6.72. The van der Waals surface area contributed by atoms with Gasteiger partial charge in [-0.2, -0.15) is 0 Å². The maximum atomic E-state index is 11.2. The zero-order valence-electron chi connectivity index (χ0n) is 12.0. The van der Waals surface area contributed by atoms with E-state index < -0.39 is 4.92 Å². The van der Waals surface area contributed by atoms with Crippen molar-refractivity contribution in [2.24, 2.45) is 5.92 Å². The monoisotopic (exact) mass is 280 g/mol. The smallest absolute Gasteiger partial charge is 0.296 e. The van der Waals surface area contributed by atoms with Crippen LogP contribution in [0.3, 0.4) is 0 Å². The van der Waals surface area contributed by atoms with Gasteiger partial charge in [0.15, 0.2) is 11.5 Å². The van der Waals surface area contributed by atoms with Gasteiger partial charge in [-0.15, -0.1) is 0 Å². The minimum absolute atomic E-state index is 0.00490.